The summed E-state index contributed by atoms with van der Waals surface area (Å²) in [5.74, 6) is 0.121. The molecule has 1 N–H and O–H groups in total. The molecule has 1 aliphatic heterocycles. The molecule has 7 heteroatoms. The Labute approximate surface area is 165 Å². The van der Waals surface area contributed by atoms with E-state index in [9.17, 15) is 9.59 Å². The van der Waals surface area contributed by atoms with Gasteiger partial charge in [0.2, 0.25) is 5.91 Å². The lowest BCUT2D eigenvalue weighted by Crippen LogP contribution is -2.51. The van der Waals surface area contributed by atoms with Gasteiger partial charge in [-0.25, -0.2) is 4.79 Å². The van der Waals surface area contributed by atoms with Crippen LogP contribution in [0.25, 0.3) is 0 Å². The van der Waals surface area contributed by atoms with E-state index in [-0.39, 0.29) is 12.0 Å². The zero-order valence-corrected chi connectivity index (χ0v) is 16.6. The Hall–Kier alpha value is -1.79. The Morgan fingerprint density at radius 2 is 1.74 bits per heavy atom. The number of ether oxygens (including phenoxy) is 1. The SMILES string of the molecule is COC(=O)N1CCN(CCNC(=O)C2(c3ccc(Cl)cc3)CCCC2)CC1. The molecule has 2 aliphatic rings. The van der Waals surface area contributed by atoms with Crippen molar-refractivity contribution in [2.75, 3.05) is 46.4 Å². The highest BCUT2D eigenvalue weighted by atomic mass is 35.5. The van der Waals surface area contributed by atoms with Crippen molar-refractivity contribution in [3.8, 4) is 0 Å². The molecular weight excluding hydrogens is 366 g/mol. The van der Waals surface area contributed by atoms with Crippen molar-refractivity contribution in [3.05, 3.63) is 34.9 Å². The predicted molar refractivity (Wildman–Crippen MR) is 105 cm³/mol. The Bertz CT molecular complexity index is 651. The summed E-state index contributed by atoms with van der Waals surface area (Å²) in [6, 6.07) is 7.70. The number of benzene rings is 1. The summed E-state index contributed by atoms with van der Waals surface area (Å²) in [7, 11) is 1.41. The van der Waals surface area contributed by atoms with Gasteiger partial charge in [0.1, 0.15) is 0 Å². The molecule has 0 bridgehead atoms. The number of halogens is 1. The number of carbonyl (C=O) groups is 2. The van der Waals surface area contributed by atoms with E-state index < -0.39 is 5.41 Å². The fourth-order valence-electron chi connectivity index (χ4n) is 4.17. The summed E-state index contributed by atoms with van der Waals surface area (Å²) in [5.41, 5.74) is 0.641. The molecule has 27 heavy (non-hydrogen) atoms. The van der Waals surface area contributed by atoms with E-state index in [4.69, 9.17) is 16.3 Å². The molecular formula is C20H28ClN3O3. The van der Waals surface area contributed by atoms with E-state index in [2.05, 4.69) is 10.2 Å². The van der Waals surface area contributed by atoms with Gasteiger partial charge in [-0.1, -0.05) is 36.6 Å². The minimum Gasteiger partial charge on any atom is -0.453 e. The van der Waals surface area contributed by atoms with Gasteiger partial charge in [0.25, 0.3) is 0 Å². The topological polar surface area (TPSA) is 61.9 Å². The van der Waals surface area contributed by atoms with Crippen molar-refractivity contribution < 1.29 is 14.3 Å². The molecule has 2 fully saturated rings. The van der Waals surface area contributed by atoms with Crippen molar-refractivity contribution in [2.24, 2.45) is 0 Å². The molecule has 3 rings (SSSR count). The number of carbonyl (C=O) groups excluding carboxylic acids is 2. The third-order valence-corrected chi connectivity index (χ3v) is 6.06. The van der Waals surface area contributed by atoms with Crippen LogP contribution in [0.1, 0.15) is 31.2 Å². The minimum absolute atomic E-state index is 0.121. The molecule has 0 unspecified atom stereocenters. The average molecular weight is 394 g/mol. The highest BCUT2D eigenvalue weighted by Gasteiger charge is 2.42. The van der Waals surface area contributed by atoms with Crippen molar-refractivity contribution >= 4 is 23.6 Å². The summed E-state index contributed by atoms with van der Waals surface area (Å²) in [5, 5.41) is 3.85. The number of nitrogens with zero attached hydrogens (tertiary/aromatic N) is 2. The molecule has 0 aromatic heterocycles. The standard InChI is InChI=1S/C20H28ClN3O3/c1-27-19(26)24-14-12-23(13-15-24)11-10-22-18(25)20(8-2-3-9-20)16-4-6-17(21)7-5-16/h4-7H,2-3,8-15H2,1H3,(H,22,25). The van der Waals surface area contributed by atoms with Gasteiger partial charge in [-0.15, -0.1) is 0 Å². The number of nitrogens with one attached hydrogen (secondary N) is 1. The van der Waals surface area contributed by atoms with E-state index in [0.717, 1.165) is 50.9 Å². The molecule has 0 radical (unpaired) electrons. The molecule has 1 saturated heterocycles. The third kappa shape index (κ3) is 4.55. The van der Waals surface area contributed by atoms with Gasteiger partial charge in [0.05, 0.1) is 12.5 Å². The van der Waals surface area contributed by atoms with Crippen molar-refractivity contribution in [2.45, 2.75) is 31.1 Å². The first-order valence-electron chi connectivity index (χ1n) is 9.65. The van der Waals surface area contributed by atoms with E-state index in [1.807, 2.05) is 24.3 Å². The summed E-state index contributed by atoms with van der Waals surface area (Å²) >= 11 is 6.01. The Balaban J connectivity index is 1.51. The fraction of sp³-hybridized carbons (Fsp3) is 0.600. The highest BCUT2D eigenvalue weighted by Crippen LogP contribution is 2.41. The quantitative estimate of drug-likeness (QED) is 0.835. The van der Waals surface area contributed by atoms with Crippen LogP contribution in [-0.2, 0) is 14.9 Å². The maximum Gasteiger partial charge on any atom is 0.409 e. The van der Waals surface area contributed by atoms with Gasteiger partial charge in [-0.3, -0.25) is 9.69 Å². The lowest BCUT2D eigenvalue weighted by molar-refractivity contribution is -0.126. The van der Waals surface area contributed by atoms with Crippen LogP contribution in [0.3, 0.4) is 0 Å². The zero-order valence-electron chi connectivity index (χ0n) is 15.9. The second kappa shape index (κ2) is 8.93. The van der Waals surface area contributed by atoms with Gasteiger partial charge >= 0.3 is 6.09 Å². The van der Waals surface area contributed by atoms with Crippen molar-refractivity contribution in [1.29, 1.82) is 0 Å². The summed E-state index contributed by atoms with van der Waals surface area (Å²) < 4.78 is 4.76. The molecule has 6 nitrogen and oxygen atoms in total. The normalized spacial score (nSPS) is 19.7. The fourth-order valence-corrected chi connectivity index (χ4v) is 4.30. The lowest BCUT2D eigenvalue weighted by atomic mass is 9.78. The van der Waals surface area contributed by atoms with Crippen LogP contribution in [0.2, 0.25) is 5.02 Å². The number of hydrogen-bond acceptors (Lipinski definition) is 4. The second-order valence-corrected chi connectivity index (χ2v) is 7.79. The van der Waals surface area contributed by atoms with E-state index in [1.54, 1.807) is 4.90 Å². The third-order valence-electron chi connectivity index (χ3n) is 5.81. The average Bonchev–Trinajstić information content (AvgIpc) is 3.19. The maximum atomic E-state index is 13.0. The van der Waals surface area contributed by atoms with Crippen LogP contribution in [0.4, 0.5) is 4.79 Å². The molecule has 1 aromatic carbocycles. The van der Waals surface area contributed by atoms with E-state index in [1.165, 1.54) is 7.11 Å². The number of piperazine rings is 1. The number of rotatable bonds is 5. The van der Waals surface area contributed by atoms with Crippen LogP contribution < -0.4 is 5.32 Å². The Kier molecular flexibility index (Phi) is 6.60. The number of amides is 2. The first-order valence-corrected chi connectivity index (χ1v) is 10.0. The highest BCUT2D eigenvalue weighted by molar-refractivity contribution is 6.30. The van der Waals surface area contributed by atoms with Crippen LogP contribution in [0.5, 0.6) is 0 Å². The maximum absolute atomic E-state index is 13.0. The first-order chi connectivity index (χ1) is 13.0. The van der Waals surface area contributed by atoms with Gasteiger partial charge in [0, 0.05) is 44.3 Å². The Morgan fingerprint density at radius 1 is 1.11 bits per heavy atom. The van der Waals surface area contributed by atoms with Crippen LogP contribution in [0.15, 0.2) is 24.3 Å². The van der Waals surface area contributed by atoms with Gasteiger partial charge < -0.3 is 15.0 Å². The van der Waals surface area contributed by atoms with E-state index in [0.29, 0.717) is 24.7 Å². The smallest absolute Gasteiger partial charge is 0.409 e. The molecule has 1 saturated carbocycles. The number of hydrogen-bond donors (Lipinski definition) is 1. The predicted octanol–water partition coefficient (Wildman–Crippen LogP) is 2.65. The lowest BCUT2D eigenvalue weighted by Gasteiger charge is -2.34. The van der Waals surface area contributed by atoms with Gasteiger partial charge in [-0.2, -0.15) is 0 Å². The monoisotopic (exact) mass is 393 g/mol. The first kappa shape index (κ1) is 20.0. The van der Waals surface area contributed by atoms with Crippen LogP contribution in [0, 0.1) is 0 Å². The van der Waals surface area contributed by atoms with Crippen LogP contribution in [-0.4, -0.2) is 68.2 Å². The minimum atomic E-state index is -0.422. The molecule has 148 valence electrons. The Morgan fingerprint density at radius 3 is 2.33 bits per heavy atom. The second-order valence-electron chi connectivity index (χ2n) is 7.35. The molecule has 1 heterocycles. The summed E-state index contributed by atoms with van der Waals surface area (Å²) in [6.07, 6.45) is 3.65. The summed E-state index contributed by atoms with van der Waals surface area (Å²) in [6.45, 7) is 4.33. The molecule has 1 aromatic rings. The number of methoxy groups -OCH3 is 1. The summed E-state index contributed by atoms with van der Waals surface area (Å²) in [4.78, 5) is 28.6. The molecule has 1 aliphatic carbocycles. The zero-order chi connectivity index (χ0) is 19.3. The largest absolute Gasteiger partial charge is 0.453 e. The van der Waals surface area contributed by atoms with Gasteiger partial charge in [-0.05, 0) is 30.5 Å². The van der Waals surface area contributed by atoms with Crippen molar-refractivity contribution in [1.82, 2.24) is 15.1 Å². The van der Waals surface area contributed by atoms with Crippen LogP contribution >= 0.6 is 11.6 Å². The molecule has 0 atom stereocenters. The van der Waals surface area contributed by atoms with Crippen molar-refractivity contribution in [3.63, 3.8) is 0 Å². The molecule has 2 amide bonds. The van der Waals surface area contributed by atoms with E-state index >= 15 is 0 Å². The van der Waals surface area contributed by atoms with Gasteiger partial charge in [0.15, 0.2) is 0 Å². The molecule has 0 spiro atoms.